The van der Waals surface area contributed by atoms with Crippen molar-refractivity contribution < 1.29 is 13.2 Å². The number of aromatic nitrogens is 2. The van der Waals surface area contributed by atoms with Crippen LogP contribution in [0.2, 0.25) is 0 Å². The molecule has 0 spiro atoms. The number of nitriles is 1. The lowest BCUT2D eigenvalue weighted by molar-refractivity contribution is -0.144. The SMILES string of the molecule is CC(C)N(CCC#N)c1cc(N)nc(C(F)(F)F)n1. The maximum atomic E-state index is 12.6. The molecular weight excluding hydrogens is 259 g/mol. The van der Waals surface area contributed by atoms with Gasteiger partial charge in [0.25, 0.3) is 0 Å². The lowest BCUT2D eigenvalue weighted by Gasteiger charge is -2.27. The van der Waals surface area contributed by atoms with Crippen LogP contribution in [0.5, 0.6) is 0 Å². The van der Waals surface area contributed by atoms with Crippen LogP contribution in [0.15, 0.2) is 6.07 Å². The molecule has 1 aromatic heterocycles. The van der Waals surface area contributed by atoms with E-state index in [-0.39, 0.29) is 30.6 Å². The van der Waals surface area contributed by atoms with E-state index in [4.69, 9.17) is 11.0 Å². The summed E-state index contributed by atoms with van der Waals surface area (Å²) in [6, 6.07) is 3.11. The second-order valence-corrected chi connectivity index (χ2v) is 4.17. The van der Waals surface area contributed by atoms with Crippen molar-refractivity contribution in [2.45, 2.75) is 32.5 Å². The molecule has 0 saturated heterocycles. The molecule has 0 aliphatic carbocycles. The van der Waals surface area contributed by atoms with Crippen molar-refractivity contribution in [2.24, 2.45) is 0 Å². The van der Waals surface area contributed by atoms with E-state index in [1.165, 1.54) is 6.07 Å². The summed E-state index contributed by atoms with van der Waals surface area (Å²) in [5, 5.41) is 8.57. The lowest BCUT2D eigenvalue weighted by atomic mass is 10.3. The Morgan fingerprint density at radius 3 is 2.53 bits per heavy atom. The highest BCUT2D eigenvalue weighted by molar-refractivity contribution is 5.48. The number of hydrogen-bond acceptors (Lipinski definition) is 5. The minimum Gasteiger partial charge on any atom is -0.384 e. The van der Waals surface area contributed by atoms with E-state index in [1.807, 2.05) is 6.07 Å². The number of hydrogen-bond donors (Lipinski definition) is 1. The van der Waals surface area contributed by atoms with Gasteiger partial charge in [0.1, 0.15) is 11.6 Å². The van der Waals surface area contributed by atoms with E-state index in [1.54, 1.807) is 18.7 Å². The summed E-state index contributed by atoms with van der Waals surface area (Å²) in [6.07, 6.45) is -4.47. The van der Waals surface area contributed by atoms with Crippen LogP contribution in [0.3, 0.4) is 0 Å². The largest absolute Gasteiger partial charge is 0.451 e. The van der Waals surface area contributed by atoms with Gasteiger partial charge in [-0.05, 0) is 13.8 Å². The predicted octanol–water partition coefficient (Wildman–Crippen LogP) is 2.21. The van der Waals surface area contributed by atoms with Crippen molar-refractivity contribution in [1.29, 1.82) is 5.26 Å². The van der Waals surface area contributed by atoms with E-state index in [0.29, 0.717) is 0 Å². The Hall–Kier alpha value is -2.04. The highest BCUT2D eigenvalue weighted by Gasteiger charge is 2.35. The summed E-state index contributed by atoms with van der Waals surface area (Å²) >= 11 is 0. The third-order valence-electron chi connectivity index (χ3n) is 2.37. The van der Waals surface area contributed by atoms with Crippen LogP contribution in [0, 0.1) is 11.3 Å². The first-order chi connectivity index (χ1) is 8.75. The highest BCUT2D eigenvalue weighted by Crippen LogP contribution is 2.29. The Bertz CT molecular complexity index is 478. The molecular formula is C11H14F3N5. The van der Waals surface area contributed by atoms with E-state index in [0.717, 1.165) is 0 Å². The van der Waals surface area contributed by atoms with Crippen LogP contribution in [0.25, 0.3) is 0 Å². The summed E-state index contributed by atoms with van der Waals surface area (Å²) in [7, 11) is 0. The third kappa shape index (κ3) is 3.98. The van der Waals surface area contributed by atoms with Crippen LogP contribution in [-0.4, -0.2) is 22.6 Å². The Kier molecular flexibility index (Phi) is 4.53. The van der Waals surface area contributed by atoms with Gasteiger partial charge in [0.2, 0.25) is 5.82 Å². The van der Waals surface area contributed by atoms with Crippen molar-refractivity contribution in [3.8, 4) is 6.07 Å². The summed E-state index contributed by atoms with van der Waals surface area (Å²) in [5.41, 5.74) is 5.38. The zero-order valence-electron chi connectivity index (χ0n) is 10.6. The average Bonchev–Trinajstić information content (AvgIpc) is 2.27. The fourth-order valence-corrected chi connectivity index (χ4v) is 1.53. The summed E-state index contributed by atoms with van der Waals surface area (Å²) in [5.74, 6) is -1.45. The molecule has 2 N–H and O–H groups in total. The number of rotatable bonds is 4. The van der Waals surface area contributed by atoms with Gasteiger partial charge in [-0.25, -0.2) is 9.97 Å². The van der Waals surface area contributed by atoms with Gasteiger partial charge in [-0.2, -0.15) is 18.4 Å². The molecule has 0 saturated carbocycles. The number of nitrogens with two attached hydrogens (primary N) is 1. The summed E-state index contributed by atoms with van der Waals surface area (Å²) in [4.78, 5) is 8.24. The van der Waals surface area contributed by atoms with E-state index < -0.39 is 12.0 Å². The zero-order chi connectivity index (χ0) is 14.6. The molecule has 104 valence electrons. The first-order valence-electron chi connectivity index (χ1n) is 5.61. The van der Waals surface area contributed by atoms with Gasteiger partial charge in [-0.3, -0.25) is 0 Å². The maximum absolute atomic E-state index is 12.6. The second-order valence-electron chi connectivity index (χ2n) is 4.17. The maximum Gasteiger partial charge on any atom is 0.451 e. The molecule has 19 heavy (non-hydrogen) atoms. The topological polar surface area (TPSA) is 78.8 Å². The molecule has 0 amide bonds. The molecule has 1 aromatic rings. The quantitative estimate of drug-likeness (QED) is 0.909. The van der Waals surface area contributed by atoms with Gasteiger partial charge >= 0.3 is 6.18 Å². The molecule has 0 unspecified atom stereocenters. The van der Waals surface area contributed by atoms with E-state index in [9.17, 15) is 13.2 Å². The van der Waals surface area contributed by atoms with Crippen molar-refractivity contribution in [3.05, 3.63) is 11.9 Å². The Labute approximate surface area is 108 Å². The van der Waals surface area contributed by atoms with Crippen LogP contribution >= 0.6 is 0 Å². The van der Waals surface area contributed by atoms with Gasteiger partial charge in [-0.15, -0.1) is 0 Å². The Balaban J connectivity index is 3.17. The van der Waals surface area contributed by atoms with E-state index in [2.05, 4.69) is 9.97 Å². The molecule has 1 heterocycles. The summed E-state index contributed by atoms with van der Waals surface area (Å²) < 4.78 is 37.8. The van der Waals surface area contributed by atoms with Crippen LogP contribution in [-0.2, 0) is 6.18 Å². The van der Waals surface area contributed by atoms with Gasteiger partial charge in [0.05, 0.1) is 12.5 Å². The Morgan fingerprint density at radius 2 is 2.05 bits per heavy atom. The average molecular weight is 273 g/mol. The third-order valence-corrected chi connectivity index (χ3v) is 2.37. The normalized spacial score (nSPS) is 11.4. The Morgan fingerprint density at radius 1 is 1.42 bits per heavy atom. The number of halogens is 3. The smallest absolute Gasteiger partial charge is 0.384 e. The highest BCUT2D eigenvalue weighted by atomic mass is 19.4. The minimum absolute atomic E-state index is 0.0741. The number of nitrogen functional groups attached to an aromatic ring is 1. The number of anilines is 2. The molecule has 5 nitrogen and oxygen atoms in total. The molecule has 8 heteroatoms. The molecule has 0 fully saturated rings. The molecule has 0 aliphatic heterocycles. The molecule has 0 bridgehead atoms. The van der Waals surface area contributed by atoms with Crippen molar-refractivity contribution in [1.82, 2.24) is 9.97 Å². The minimum atomic E-state index is -4.65. The molecule has 0 radical (unpaired) electrons. The van der Waals surface area contributed by atoms with Crippen molar-refractivity contribution in [3.63, 3.8) is 0 Å². The van der Waals surface area contributed by atoms with Crippen LogP contribution in [0.1, 0.15) is 26.1 Å². The van der Waals surface area contributed by atoms with Crippen molar-refractivity contribution in [2.75, 3.05) is 17.2 Å². The van der Waals surface area contributed by atoms with Gasteiger partial charge in [0.15, 0.2) is 0 Å². The van der Waals surface area contributed by atoms with Gasteiger partial charge in [0, 0.05) is 18.7 Å². The zero-order valence-corrected chi connectivity index (χ0v) is 10.6. The second kappa shape index (κ2) is 5.73. The standard InChI is InChI=1S/C11H14F3N5/c1-7(2)19(5-3-4-15)9-6-8(16)17-10(18-9)11(12,13)14/h6-7H,3,5H2,1-2H3,(H2,16,17,18). The summed E-state index contributed by atoms with van der Waals surface area (Å²) in [6.45, 7) is 3.87. The number of nitrogens with zero attached hydrogens (tertiary/aromatic N) is 4. The van der Waals surface area contributed by atoms with Crippen molar-refractivity contribution >= 4 is 11.6 Å². The first-order valence-corrected chi connectivity index (χ1v) is 5.61. The predicted molar refractivity (Wildman–Crippen MR) is 64.2 cm³/mol. The van der Waals surface area contributed by atoms with Gasteiger partial charge < -0.3 is 10.6 Å². The lowest BCUT2D eigenvalue weighted by Crippen LogP contribution is -2.33. The fraction of sp³-hybridized carbons (Fsp3) is 0.545. The van der Waals surface area contributed by atoms with Gasteiger partial charge in [-0.1, -0.05) is 0 Å². The molecule has 1 rings (SSSR count). The fourth-order valence-electron chi connectivity index (χ4n) is 1.53. The van der Waals surface area contributed by atoms with E-state index >= 15 is 0 Å². The monoisotopic (exact) mass is 273 g/mol. The molecule has 0 aliphatic rings. The molecule has 0 aromatic carbocycles. The first kappa shape index (κ1) is 15.0. The number of alkyl halides is 3. The molecule has 0 atom stereocenters. The van der Waals surface area contributed by atoms with Crippen LogP contribution < -0.4 is 10.6 Å². The van der Waals surface area contributed by atoms with Crippen LogP contribution in [0.4, 0.5) is 24.8 Å².